The molecule has 0 heterocycles. The number of benzene rings is 2. The Morgan fingerprint density at radius 1 is 1.27 bits per heavy atom. The summed E-state index contributed by atoms with van der Waals surface area (Å²) in [6, 6.07) is 12.2. The second-order valence-corrected chi connectivity index (χ2v) is 7.16. The van der Waals surface area contributed by atoms with Crippen molar-refractivity contribution < 1.29 is 17.9 Å². The quantitative estimate of drug-likeness (QED) is 0.600. The number of nitriles is 1. The predicted molar refractivity (Wildman–Crippen MR) is 99.1 cm³/mol. The Morgan fingerprint density at radius 2 is 1.96 bits per heavy atom. The van der Waals surface area contributed by atoms with Crippen LogP contribution in [0, 0.1) is 11.3 Å². The zero-order valence-corrected chi connectivity index (χ0v) is 15.3. The molecule has 2 rings (SSSR count). The Morgan fingerprint density at radius 3 is 2.54 bits per heavy atom. The van der Waals surface area contributed by atoms with Crippen LogP contribution >= 0.6 is 11.6 Å². The second-order valence-electron chi connectivity index (χ2n) is 5.07. The monoisotopic (exact) mass is 390 g/mol. The highest BCUT2D eigenvalue weighted by Crippen LogP contribution is 2.22. The number of anilines is 1. The van der Waals surface area contributed by atoms with Crippen molar-refractivity contribution >= 4 is 39.4 Å². The minimum absolute atomic E-state index is 0.0483. The summed E-state index contributed by atoms with van der Waals surface area (Å²) >= 11 is 5.88. The van der Waals surface area contributed by atoms with E-state index >= 15 is 0 Å². The molecule has 0 aromatic heterocycles. The number of nitrogens with zero attached hydrogens (tertiary/aromatic N) is 1. The maximum atomic E-state index is 12.4. The fraction of sp³-hybridized carbons (Fsp3) is 0.111. The Kier molecular flexibility index (Phi) is 6.39. The van der Waals surface area contributed by atoms with Crippen molar-refractivity contribution in [3.63, 3.8) is 0 Å². The van der Waals surface area contributed by atoms with Gasteiger partial charge in [-0.25, -0.2) is 13.2 Å². The first-order valence-corrected chi connectivity index (χ1v) is 9.39. The van der Waals surface area contributed by atoms with Gasteiger partial charge in [0.2, 0.25) is 0 Å². The Balaban J connectivity index is 2.14. The highest BCUT2D eigenvalue weighted by Gasteiger charge is 2.16. The van der Waals surface area contributed by atoms with Crippen LogP contribution in [0.2, 0.25) is 5.02 Å². The van der Waals surface area contributed by atoms with Crippen LogP contribution in [0.4, 0.5) is 5.69 Å². The normalized spacial score (nSPS) is 11.1. The molecule has 26 heavy (non-hydrogen) atoms. The number of rotatable bonds is 6. The van der Waals surface area contributed by atoms with Gasteiger partial charge in [0.05, 0.1) is 22.1 Å². The van der Waals surface area contributed by atoms with Gasteiger partial charge in [-0.2, -0.15) is 5.26 Å². The van der Waals surface area contributed by atoms with E-state index < -0.39 is 16.0 Å². The first-order chi connectivity index (χ1) is 12.4. The molecule has 0 atom stereocenters. The Labute approximate surface area is 156 Å². The van der Waals surface area contributed by atoms with E-state index in [4.69, 9.17) is 21.6 Å². The zero-order valence-electron chi connectivity index (χ0n) is 13.8. The molecule has 134 valence electrons. The first-order valence-electron chi connectivity index (χ1n) is 7.53. The van der Waals surface area contributed by atoms with Gasteiger partial charge >= 0.3 is 5.97 Å². The van der Waals surface area contributed by atoms with Gasteiger partial charge in [0.1, 0.15) is 6.07 Å². The van der Waals surface area contributed by atoms with E-state index in [2.05, 4.69) is 4.72 Å². The number of hydrogen-bond donors (Lipinski definition) is 1. The van der Waals surface area contributed by atoms with Gasteiger partial charge in [0.15, 0.2) is 0 Å². The van der Waals surface area contributed by atoms with Crippen LogP contribution in [-0.2, 0) is 19.6 Å². The number of carbonyl (C=O) groups is 1. The van der Waals surface area contributed by atoms with Gasteiger partial charge in [0.25, 0.3) is 10.0 Å². The lowest BCUT2D eigenvalue weighted by molar-refractivity contribution is -0.137. The molecule has 2 aromatic carbocycles. The van der Waals surface area contributed by atoms with E-state index in [0.717, 1.165) is 0 Å². The van der Waals surface area contributed by atoms with Crippen LogP contribution in [0.5, 0.6) is 0 Å². The van der Waals surface area contributed by atoms with E-state index in [-0.39, 0.29) is 15.5 Å². The summed E-state index contributed by atoms with van der Waals surface area (Å²) in [5.74, 6) is -0.449. The smallest absolute Gasteiger partial charge is 0.330 e. The van der Waals surface area contributed by atoms with E-state index in [0.29, 0.717) is 17.9 Å². The Bertz CT molecular complexity index is 977. The van der Waals surface area contributed by atoms with Crippen molar-refractivity contribution in [2.45, 2.75) is 11.8 Å². The number of hydrogen-bond acceptors (Lipinski definition) is 5. The molecule has 0 radical (unpaired) electrons. The first kappa shape index (κ1) is 19.5. The number of carbonyl (C=O) groups excluding carboxylic acids is 1. The van der Waals surface area contributed by atoms with Gasteiger partial charge in [0, 0.05) is 11.8 Å². The number of nitrogens with one attached hydrogen (secondary N) is 1. The molecule has 6 nitrogen and oxygen atoms in total. The molecule has 0 amide bonds. The summed E-state index contributed by atoms with van der Waals surface area (Å²) < 4.78 is 32.0. The standard InChI is InChI=1S/C18H15ClN2O4S/c1-2-25-18(22)10-5-13-3-7-15(8-4-13)21-26(23,24)16-9-6-14(12-20)17(19)11-16/h3-11,21H,2H2,1H3/b10-5-. The second kappa shape index (κ2) is 8.52. The third-order valence-corrected chi connectivity index (χ3v) is 4.92. The lowest BCUT2D eigenvalue weighted by Crippen LogP contribution is -2.13. The minimum atomic E-state index is -3.84. The lowest BCUT2D eigenvalue weighted by Gasteiger charge is -2.09. The minimum Gasteiger partial charge on any atom is -0.463 e. The van der Waals surface area contributed by atoms with Crippen LogP contribution in [-0.4, -0.2) is 21.0 Å². The third-order valence-electron chi connectivity index (χ3n) is 3.23. The van der Waals surface area contributed by atoms with Crippen LogP contribution in [0.1, 0.15) is 18.1 Å². The molecule has 0 saturated carbocycles. The van der Waals surface area contributed by atoms with Crippen molar-refractivity contribution in [1.82, 2.24) is 0 Å². The van der Waals surface area contributed by atoms with Crippen molar-refractivity contribution in [1.29, 1.82) is 5.26 Å². The van der Waals surface area contributed by atoms with Crippen molar-refractivity contribution in [3.8, 4) is 6.07 Å². The lowest BCUT2D eigenvalue weighted by atomic mass is 10.2. The molecule has 0 fully saturated rings. The summed E-state index contributed by atoms with van der Waals surface area (Å²) in [7, 11) is -3.84. The zero-order chi connectivity index (χ0) is 19.2. The fourth-order valence-electron chi connectivity index (χ4n) is 1.98. The summed E-state index contributed by atoms with van der Waals surface area (Å²) in [6.07, 6.45) is 2.86. The molecular formula is C18H15ClN2O4S. The molecule has 0 aliphatic carbocycles. The summed E-state index contributed by atoms with van der Waals surface area (Å²) in [5, 5.41) is 8.91. The van der Waals surface area contributed by atoms with Gasteiger partial charge in [-0.1, -0.05) is 23.7 Å². The molecule has 0 spiro atoms. The van der Waals surface area contributed by atoms with Crippen molar-refractivity contribution in [3.05, 3.63) is 64.7 Å². The van der Waals surface area contributed by atoms with E-state index in [1.807, 2.05) is 6.07 Å². The maximum Gasteiger partial charge on any atom is 0.330 e. The average molecular weight is 391 g/mol. The average Bonchev–Trinajstić information content (AvgIpc) is 2.61. The van der Waals surface area contributed by atoms with E-state index in [1.54, 1.807) is 37.3 Å². The number of esters is 1. The molecule has 2 aromatic rings. The van der Waals surface area contributed by atoms with Crippen LogP contribution < -0.4 is 4.72 Å². The largest absolute Gasteiger partial charge is 0.463 e. The summed E-state index contributed by atoms with van der Waals surface area (Å²) in [5.41, 5.74) is 1.25. The molecule has 8 heteroatoms. The summed E-state index contributed by atoms with van der Waals surface area (Å²) in [6.45, 7) is 2.01. The van der Waals surface area contributed by atoms with E-state index in [1.165, 1.54) is 24.3 Å². The van der Waals surface area contributed by atoms with Gasteiger partial charge in [-0.3, -0.25) is 4.72 Å². The predicted octanol–water partition coefficient (Wildman–Crippen LogP) is 3.59. The van der Waals surface area contributed by atoms with Crippen molar-refractivity contribution in [2.24, 2.45) is 0 Å². The molecule has 0 bridgehead atoms. The van der Waals surface area contributed by atoms with Crippen molar-refractivity contribution in [2.75, 3.05) is 11.3 Å². The Hall–Kier alpha value is -2.82. The summed E-state index contributed by atoms with van der Waals surface area (Å²) in [4.78, 5) is 11.2. The number of sulfonamides is 1. The molecule has 0 aliphatic heterocycles. The highest BCUT2D eigenvalue weighted by atomic mass is 35.5. The SMILES string of the molecule is CCOC(=O)/C=C\c1ccc(NS(=O)(=O)c2ccc(C#N)c(Cl)c2)cc1. The van der Waals surface area contributed by atoms with Gasteiger partial charge < -0.3 is 4.74 Å². The maximum absolute atomic E-state index is 12.4. The van der Waals surface area contributed by atoms with Gasteiger partial charge in [-0.05, 0) is 48.9 Å². The number of halogens is 1. The third kappa shape index (κ3) is 5.09. The topological polar surface area (TPSA) is 96.3 Å². The highest BCUT2D eigenvalue weighted by molar-refractivity contribution is 7.92. The van der Waals surface area contributed by atoms with E-state index in [9.17, 15) is 13.2 Å². The van der Waals surface area contributed by atoms with Crippen LogP contribution in [0.3, 0.4) is 0 Å². The fourth-order valence-corrected chi connectivity index (χ4v) is 3.36. The molecule has 0 aliphatic rings. The van der Waals surface area contributed by atoms with Crippen LogP contribution in [0.15, 0.2) is 53.4 Å². The molecule has 0 saturated heterocycles. The van der Waals surface area contributed by atoms with Crippen LogP contribution in [0.25, 0.3) is 6.08 Å². The molecule has 1 N–H and O–H groups in total. The molecule has 0 unspecified atom stereocenters. The molecular weight excluding hydrogens is 376 g/mol. The number of ether oxygens (including phenoxy) is 1. The van der Waals surface area contributed by atoms with Gasteiger partial charge in [-0.15, -0.1) is 0 Å².